The molecule has 0 aliphatic heterocycles. The van der Waals surface area contributed by atoms with E-state index < -0.39 is 0 Å². The predicted molar refractivity (Wildman–Crippen MR) is 76.4 cm³/mol. The highest BCUT2D eigenvalue weighted by molar-refractivity contribution is 6.30. The average Bonchev–Trinajstić information content (AvgIpc) is 2.45. The van der Waals surface area contributed by atoms with Crippen molar-refractivity contribution in [2.24, 2.45) is 0 Å². The van der Waals surface area contributed by atoms with Crippen molar-refractivity contribution in [1.29, 1.82) is 0 Å². The number of hydrogen-bond acceptors (Lipinski definition) is 3. The normalized spacial score (nSPS) is 10.0. The topological polar surface area (TPSA) is 54.0 Å². The highest BCUT2D eigenvalue weighted by atomic mass is 35.5. The lowest BCUT2D eigenvalue weighted by Gasteiger charge is -2.06. The number of rotatable bonds is 4. The lowest BCUT2D eigenvalue weighted by atomic mass is 10.2. The number of halogens is 1. The number of carbonyl (C=O) groups is 1. The Kier molecular flexibility index (Phi) is 4.36. The van der Waals surface area contributed by atoms with Crippen LogP contribution in [0.1, 0.15) is 16.1 Å². The second-order valence-electron chi connectivity index (χ2n) is 3.99. The van der Waals surface area contributed by atoms with E-state index in [4.69, 9.17) is 11.6 Å². The number of benzene rings is 1. The van der Waals surface area contributed by atoms with Crippen LogP contribution in [0.4, 0.5) is 5.69 Å². The zero-order chi connectivity index (χ0) is 13.7. The number of hydrogen-bond donors (Lipinski definition) is 2. The first kappa shape index (κ1) is 13.4. The number of aromatic nitrogens is 1. The Morgan fingerprint density at radius 2 is 2.16 bits per heavy atom. The zero-order valence-electron chi connectivity index (χ0n) is 10.5. The molecule has 2 N–H and O–H groups in total. The van der Waals surface area contributed by atoms with Gasteiger partial charge in [-0.2, -0.15) is 0 Å². The van der Waals surface area contributed by atoms with E-state index in [1.165, 1.54) is 0 Å². The first-order valence-corrected chi connectivity index (χ1v) is 6.23. The summed E-state index contributed by atoms with van der Waals surface area (Å²) in [5.41, 5.74) is 2.18. The number of nitrogens with zero attached hydrogens (tertiary/aromatic N) is 1. The molecular weight excluding hydrogens is 262 g/mol. The first-order chi connectivity index (χ1) is 9.19. The monoisotopic (exact) mass is 275 g/mol. The van der Waals surface area contributed by atoms with Crippen LogP contribution >= 0.6 is 11.6 Å². The van der Waals surface area contributed by atoms with E-state index in [-0.39, 0.29) is 5.91 Å². The van der Waals surface area contributed by atoms with Crippen LogP contribution in [0.25, 0.3) is 0 Å². The van der Waals surface area contributed by atoms with Crippen LogP contribution in [0.5, 0.6) is 0 Å². The molecule has 0 radical (unpaired) electrons. The Labute approximate surface area is 116 Å². The van der Waals surface area contributed by atoms with Crippen molar-refractivity contribution in [1.82, 2.24) is 10.3 Å². The Morgan fingerprint density at radius 1 is 1.32 bits per heavy atom. The summed E-state index contributed by atoms with van der Waals surface area (Å²) in [6.45, 7) is 0.421. The standard InChI is InChI=1S/C14H14ClN3O/c1-16-12-5-6-17-13(8-12)14(19)18-9-10-3-2-4-11(15)7-10/h2-8H,9H2,1H3,(H,16,17)(H,18,19). The molecule has 0 saturated carbocycles. The van der Waals surface area contributed by atoms with E-state index in [1.54, 1.807) is 31.4 Å². The molecule has 98 valence electrons. The van der Waals surface area contributed by atoms with Crippen LogP contribution in [0.3, 0.4) is 0 Å². The molecule has 0 aliphatic rings. The molecule has 0 atom stereocenters. The number of anilines is 1. The summed E-state index contributed by atoms with van der Waals surface area (Å²) in [4.78, 5) is 16.0. The lowest BCUT2D eigenvalue weighted by Crippen LogP contribution is -2.23. The van der Waals surface area contributed by atoms with Crippen molar-refractivity contribution in [3.63, 3.8) is 0 Å². The van der Waals surface area contributed by atoms with Crippen LogP contribution in [0.2, 0.25) is 5.02 Å². The van der Waals surface area contributed by atoms with E-state index >= 15 is 0 Å². The largest absolute Gasteiger partial charge is 0.388 e. The number of pyridine rings is 1. The molecule has 0 unspecified atom stereocenters. The maximum absolute atomic E-state index is 11.9. The molecule has 1 aromatic heterocycles. The van der Waals surface area contributed by atoms with Gasteiger partial charge in [0, 0.05) is 30.5 Å². The van der Waals surface area contributed by atoms with Gasteiger partial charge < -0.3 is 10.6 Å². The van der Waals surface area contributed by atoms with Gasteiger partial charge in [-0.1, -0.05) is 23.7 Å². The van der Waals surface area contributed by atoms with Crippen molar-refractivity contribution in [2.45, 2.75) is 6.54 Å². The summed E-state index contributed by atoms with van der Waals surface area (Å²) in [7, 11) is 1.79. The average molecular weight is 276 g/mol. The van der Waals surface area contributed by atoms with Gasteiger partial charge in [-0.25, -0.2) is 0 Å². The van der Waals surface area contributed by atoms with E-state index in [0.717, 1.165) is 11.3 Å². The molecule has 0 aliphatic carbocycles. The highest BCUT2D eigenvalue weighted by Crippen LogP contribution is 2.11. The van der Waals surface area contributed by atoms with Crippen molar-refractivity contribution in [3.05, 3.63) is 58.9 Å². The van der Waals surface area contributed by atoms with Crippen molar-refractivity contribution in [2.75, 3.05) is 12.4 Å². The molecule has 1 amide bonds. The Balaban J connectivity index is 2.01. The molecule has 1 aromatic carbocycles. The molecule has 4 nitrogen and oxygen atoms in total. The van der Waals surface area contributed by atoms with E-state index in [9.17, 15) is 4.79 Å². The van der Waals surface area contributed by atoms with Gasteiger partial charge in [0.25, 0.3) is 5.91 Å². The Morgan fingerprint density at radius 3 is 2.89 bits per heavy atom. The molecular formula is C14H14ClN3O. The van der Waals surface area contributed by atoms with Gasteiger partial charge in [0.15, 0.2) is 0 Å². The summed E-state index contributed by atoms with van der Waals surface area (Å²) < 4.78 is 0. The number of carbonyl (C=O) groups excluding carboxylic acids is 1. The molecule has 2 rings (SSSR count). The van der Waals surface area contributed by atoms with Gasteiger partial charge in [-0.05, 0) is 29.8 Å². The van der Waals surface area contributed by atoms with Gasteiger partial charge in [0.05, 0.1) is 0 Å². The molecule has 2 aromatic rings. The number of amides is 1. The maximum Gasteiger partial charge on any atom is 0.270 e. The maximum atomic E-state index is 11.9. The van der Waals surface area contributed by atoms with Crippen molar-refractivity contribution < 1.29 is 4.79 Å². The van der Waals surface area contributed by atoms with Gasteiger partial charge in [0.1, 0.15) is 5.69 Å². The smallest absolute Gasteiger partial charge is 0.270 e. The molecule has 0 fully saturated rings. The summed E-state index contributed by atoms with van der Waals surface area (Å²) in [6.07, 6.45) is 1.60. The SMILES string of the molecule is CNc1ccnc(C(=O)NCc2cccc(Cl)c2)c1. The quantitative estimate of drug-likeness (QED) is 0.902. The fraction of sp³-hybridized carbons (Fsp3) is 0.143. The van der Waals surface area contributed by atoms with Gasteiger partial charge >= 0.3 is 0 Å². The zero-order valence-corrected chi connectivity index (χ0v) is 11.2. The fourth-order valence-corrected chi connectivity index (χ4v) is 1.84. The second-order valence-corrected chi connectivity index (χ2v) is 4.43. The molecule has 0 spiro atoms. The second kappa shape index (κ2) is 6.20. The number of nitrogens with one attached hydrogen (secondary N) is 2. The van der Waals surface area contributed by atoms with Crippen LogP contribution < -0.4 is 10.6 Å². The Hall–Kier alpha value is -2.07. The fourth-order valence-electron chi connectivity index (χ4n) is 1.63. The third-order valence-corrected chi connectivity index (χ3v) is 2.86. The van der Waals surface area contributed by atoms with Gasteiger partial charge in [-0.3, -0.25) is 9.78 Å². The minimum absolute atomic E-state index is 0.211. The minimum atomic E-state index is -0.211. The van der Waals surface area contributed by atoms with Gasteiger partial charge in [-0.15, -0.1) is 0 Å². The molecule has 5 heteroatoms. The third-order valence-electron chi connectivity index (χ3n) is 2.62. The summed E-state index contributed by atoms with van der Waals surface area (Å²) in [5.74, 6) is -0.211. The van der Waals surface area contributed by atoms with Crippen molar-refractivity contribution in [3.8, 4) is 0 Å². The van der Waals surface area contributed by atoms with Crippen LogP contribution in [-0.4, -0.2) is 17.9 Å². The molecule has 0 saturated heterocycles. The summed E-state index contributed by atoms with van der Waals surface area (Å²) in [5, 5.41) is 6.43. The Bertz CT molecular complexity index is 586. The van der Waals surface area contributed by atoms with E-state index in [0.29, 0.717) is 17.3 Å². The van der Waals surface area contributed by atoms with Crippen LogP contribution in [0, 0.1) is 0 Å². The molecule has 19 heavy (non-hydrogen) atoms. The predicted octanol–water partition coefficient (Wildman–Crippen LogP) is 2.71. The van der Waals surface area contributed by atoms with Crippen molar-refractivity contribution >= 4 is 23.2 Å². The lowest BCUT2D eigenvalue weighted by molar-refractivity contribution is 0.0946. The van der Waals surface area contributed by atoms with Crippen LogP contribution in [-0.2, 0) is 6.54 Å². The highest BCUT2D eigenvalue weighted by Gasteiger charge is 2.07. The summed E-state index contributed by atoms with van der Waals surface area (Å²) >= 11 is 5.88. The van der Waals surface area contributed by atoms with Gasteiger partial charge in [0.2, 0.25) is 0 Å². The third kappa shape index (κ3) is 3.69. The molecule has 1 heterocycles. The van der Waals surface area contributed by atoms with Crippen LogP contribution in [0.15, 0.2) is 42.6 Å². The first-order valence-electron chi connectivity index (χ1n) is 5.85. The minimum Gasteiger partial charge on any atom is -0.388 e. The van der Waals surface area contributed by atoms with E-state index in [1.807, 2.05) is 18.2 Å². The summed E-state index contributed by atoms with van der Waals surface area (Å²) in [6, 6.07) is 10.9. The molecule has 0 bridgehead atoms. The van der Waals surface area contributed by atoms with E-state index in [2.05, 4.69) is 15.6 Å².